The van der Waals surface area contributed by atoms with E-state index in [-0.39, 0.29) is 0 Å². The summed E-state index contributed by atoms with van der Waals surface area (Å²) in [4.78, 5) is 13.8. The minimum atomic E-state index is -0.861. The second-order valence-corrected chi connectivity index (χ2v) is 3.95. The Kier molecular flexibility index (Phi) is 3.33. The average molecular weight is 195 g/mol. The predicted octanol–water partition coefficient (Wildman–Crippen LogP) is 2.47. The number of carboxylic acids is 1. The number of hydrogen-bond donors (Lipinski definition) is 2. The van der Waals surface area contributed by atoms with Crippen LogP contribution < -0.4 is 0 Å². The van der Waals surface area contributed by atoms with E-state index in [9.17, 15) is 4.79 Å². The third-order valence-corrected chi connectivity index (χ3v) is 2.18. The van der Waals surface area contributed by atoms with E-state index in [1.165, 1.54) is 0 Å². The largest absolute Gasteiger partial charge is 0.477 e. The molecule has 0 aliphatic heterocycles. The van der Waals surface area contributed by atoms with Crippen LogP contribution in [0.2, 0.25) is 0 Å². The summed E-state index contributed by atoms with van der Waals surface area (Å²) in [5.41, 5.74) is 2.28. The molecular formula is C11H17NO2. The lowest BCUT2D eigenvalue weighted by molar-refractivity contribution is 0.0689. The van der Waals surface area contributed by atoms with Gasteiger partial charge in [-0.3, -0.25) is 0 Å². The van der Waals surface area contributed by atoms with Gasteiger partial charge in [-0.1, -0.05) is 20.8 Å². The Balaban J connectivity index is 2.99. The SMILES string of the molecule is CCc1cc(CC(C)C)c(C(=O)O)[nH]1. The molecule has 2 N–H and O–H groups in total. The maximum Gasteiger partial charge on any atom is 0.352 e. The van der Waals surface area contributed by atoms with Crippen LogP contribution in [-0.2, 0) is 12.8 Å². The van der Waals surface area contributed by atoms with Gasteiger partial charge in [-0.2, -0.15) is 0 Å². The van der Waals surface area contributed by atoms with E-state index in [4.69, 9.17) is 5.11 Å². The maximum absolute atomic E-state index is 10.9. The summed E-state index contributed by atoms with van der Waals surface area (Å²) in [6.07, 6.45) is 1.66. The van der Waals surface area contributed by atoms with Crippen molar-refractivity contribution in [3.05, 3.63) is 23.0 Å². The van der Waals surface area contributed by atoms with Gasteiger partial charge in [0.2, 0.25) is 0 Å². The molecule has 0 fully saturated rings. The zero-order chi connectivity index (χ0) is 10.7. The average Bonchev–Trinajstić information content (AvgIpc) is 2.46. The van der Waals surface area contributed by atoms with Crippen LogP contribution in [0.3, 0.4) is 0 Å². The number of aromatic carboxylic acids is 1. The summed E-state index contributed by atoms with van der Waals surface area (Å²) in [5, 5.41) is 8.96. The molecular weight excluding hydrogens is 178 g/mol. The maximum atomic E-state index is 10.9. The monoisotopic (exact) mass is 195 g/mol. The molecule has 0 radical (unpaired) electrons. The molecule has 3 nitrogen and oxygen atoms in total. The number of aromatic nitrogens is 1. The minimum absolute atomic E-state index is 0.357. The number of aromatic amines is 1. The molecule has 1 rings (SSSR count). The second-order valence-electron chi connectivity index (χ2n) is 3.95. The third kappa shape index (κ3) is 2.37. The van der Waals surface area contributed by atoms with Crippen LogP contribution in [0.5, 0.6) is 0 Å². The van der Waals surface area contributed by atoms with Crippen molar-refractivity contribution < 1.29 is 9.90 Å². The smallest absolute Gasteiger partial charge is 0.352 e. The van der Waals surface area contributed by atoms with Gasteiger partial charge < -0.3 is 10.1 Å². The Labute approximate surface area is 84.2 Å². The Bertz CT molecular complexity index is 326. The molecule has 0 amide bonds. The van der Waals surface area contributed by atoms with E-state index in [0.717, 1.165) is 24.1 Å². The number of rotatable bonds is 4. The topological polar surface area (TPSA) is 53.1 Å². The Morgan fingerprint density at radius 2 is 2.21 bits per heavy atom. The molecule has 0 unspecified atom stereocenters. The van der Waals surface area contributed by atoms with Crippen molar-refractivity contribution in [3.63, 3.8) is 0 Å². The first kappa shape index (κ1) is 10.8. The first-order valence-corrected chi connectivity index (χ1v) is 4.98. The molecule has 14 heavy (non-hydrogen) atoms. The Morgan fingerprint density at radius 3 is 2.64 bits per heavy atom. The lowest BCUT2D eigenvalue weighted by Crippen LogP contribution is -2.03. The van der Waals surface area contributed by atoms with Crippen LogP contribution in [0.1, 0.15) is 42.5 Å². The standard InChI is InChI=1S/C11H17NO2/c1-4-9-6-8(5-7(2)3)10(12-9)11(13)14/h6-7,12H,4-5H2,1-3H3,(H,13,14). The van der Waals surface area contributed by atoms with Crippen molar-refractivity contribution in [2.45, 2.75) is 33.6 Å². The molecule has 1 aromatic heterocycles. The van der Waals surface area contributed by atoms with Gasteiger partial charge in [-0.15, -0.1) is 0 Å². The number of H-pyrrole nitrogens is 1. The van der Waals surface area contributed by atoms with Gasteiger partial charge >= 0.3 is 5.97 Å². The van der Waals surface area contributed by atoms with Crippen LogP contribution in [-0.4, -0.2) is 16.1 Å². The summed E-state index contributed by atoms with van der Waals surface area (Å²) in [5.74, 6) is -0.381. The summed E-state index contributed by atoms with van der Waals surface area (Å²) >= 11 is 0. The van der Waals surface area contributed by atoms with E-state index in [2.05, 4.69) is 18.8 Å². The molecule has 0 bridgehead atoms. The summed E-state index contributed by atoms with van der Waals surface area (Å²) < 4.78 is 0. The van der Waals surface area contributed by atoms with E-state index in [1.807, 2.05) is 13.0 Å². The third-order valence-electron chi connectivity index (χ3n) is 2.18. The second kappa shape index (κ2) is 4.31. The lowest BCUT2D eigenvalue weighted by atomic mass is 10.0. The molecule has 0 saturated carbocycles. The Hall–Kier alpha value is -1.25. The fraction of sp³-hybridized carbons (Fsp3) is 0.545. The predicted molar refractivity (Wildman–Crippen MR) is 55.7 cm³/mol. The van der Waals surface area contributed by atoms with Crippen molar-refractivity contribution in [2.75, 3.05) is 0 Å². The van der Waals surface area contributed by atoms with Gasteiger partial charge in [0.1, 0.15) is 5.69 Å². The van der Waals surface area contributed by atoms with Crippen LogP contribution in [0.25, 0.3) is 0 Å². The van der Waals surface area contributed by atoms with Gasteiger partial charge in [-0.25, -0.2) is 4.79 Å². The number of hydrogen-bond acceptors (Lipinski definition) is 1. The highest BCUT2D eigenvalue weighted by atomic mass is 16.4. The molecule has 0 saturated heterocycles. The molecule has 0 aromatic carbocycles. The van der Waals surface area contributed by atoms with Crippen molar-refractivity contribution in [2.24, 2.45) is 5.92 Å². The summed E-state index contributed by atoms with van der Waals surface area (Å²) in [7, 11) is 0. The number of carboxylic acid groups (broad SMARTS) is 1. The zero-order valence-corrected chi connectivity index (χ0v) is 8.92. The molecule has 0 aliphatic carbocycles. The highest BCUT2D eigenvalue weighted by Crippen LogP contribution is 2.16. The van der Waals surface area contributed by atoms with Crippen LogP contribution in [0.15, 0.2) is 6.07 Å². The number of carbonyl (C=O) groups is 1. The van der Waals surface area contributed by atoms with Crippen molar-refractivity contribution in [1.29, 1.82) is 0 Å². The van der Waals surface area contributed by atoms with Gasteiger partial charge in [0.05, 0.1) is 0 Å². The first-order chi connectivity index (χ1) is 6.54. The van der Waals surface area contributed by atoms with Gasteiger partial charge in [0.15, 0.2) is 0 Å². The fourth-order valence-corrected chi connectivity index (χ4v) is 1.54. The molecule has 1 aromatic rings. The quantitative estimate of drug-likeness (QED) is 0.775. The van der Waals surface area contributed by atoms with Gasteiger partial charge in [-0.05, 0) is 30.4 Å². The molecule has 0 atom stereocenters. The van der Waals surface area contributed by atoms with Gasteiger partial charge in [0, 0.05) is 5.69 Å². The minimum Gasteiger partial charge on any atom is -0.477 e. The normalized spacial score (nSPS) is 10.9. The molecule has 78 valence electrons. The van der Waals surface area contributed by atoms with Crippen LogP contribution in [0, 0.1) is 5.92 Å². The van der Waals surface area contributed by atoms with Gasteiger partial charge in [0.25, 0.3) is 0 Å². The summed E-state index contributed by atoms with van der Waals surface area (Å²) in [6.45, 7) is 6.19. The molecule has 0 spiro atoms. The van der Waals surface area contributed by atoms with Crippen LogP contribution in [0.4, 0.5) is 0 Å². The van der Waals surface area contributed by atoms with E-state index < -0.39 is 5.97 Å². The number of aryl methyl sites for hydroxylation is 1. The van der Waals surface area contributed by atoms with E-state index >= 15 is 0 Å². The summed E-state index contributed by atoms with van der Waals surface area (Å²) in [6, 6.07) is 1.96. The molecule has 1 heterocycles. The first-order valence-electron chi connectivity index (χ1n) is 4.98. The van der Waals surface area contributed by atoms with E-state index in [1.54, 1.807) is 0 Å². The van der Waals surface area contributed by atoms with Crippen molar-refractivity contribution in [3.8, 4) is 0 Å². The highest BCUT2D eigenvalue weighted by Gasteiger charge is 2.14. The Morgan fingerprint density at radius 1 is 1.57 bits per heavy atom. The molecule has 0 aliphatic rings. The molecule has 3 heteroatoms. The van der Waals surface area contributed by atoms with Crippen molar-refractivity contribution >= 4 is 5.97 Å². The number of nitrogens with one attached hydrogen (secondary N) is 1. The van der Waals surface area contributed by atoms with E-state index in [0.29, 0.717) is 11.6 Å². The lowest BCUT2D eigenvalue weighted by Gasteiger charge is -2.02. The highest BCUT2D eigenvalue weighted by molar-refractivity contribution is 5.87. The van der Waals surface area contributed by atoms with Crippen LogP contribution >= 0.6 is 0 Å². The fourth-order valence-electron chi connectivity index (χ4n) is 1.54. The van der Waals surface area contributed by atoms with Crippen molar-refractivity contribution in [1.82, 2.24) is 4.98 Å². The zero-order valence-electron chi connectivity index (χ0n) is 8.92.